The van der Waals surface area contributed by atoms with Crippen LogP contribution in [0, 0.1) is 10.1 Å². The van der Waals surface area contributed by atoms with Crippen molar-refractivity contribution in [1.82, 2.24) is 24.2 Å². The lowest BCUT2D eigenvalue weighted by Crippen LogP contribution is -2.41. The average Bonchev–Trinajstić information content (AvgIpc) is 3.46. The Balaban J connectivity index is 1.14. The number of nitro groups is 1. The van der Waals surface area contributed by atoms with Gasteiger partial charge in [0.15, 0.2) is 5.65 Å². The molecule has 3 aromatic heterocycles. The summed E-state index contributed by atoms with van der Waals surface area (Å²) < 4.78 is 27.4. The SMILES string of the molecule is O=C(NC1CCCC(Nc2cc(-c3cnc4c(ccn4S(=O)(=O)c4ccccc4)c3)ncn2)C1)c1ccc([N+](=O)[O-])cc1. The van der Waals surface area contributed by atoms with Crippen LogP contribution in [0.3, 0.4) is 0 Å². The van der Waals surface area contributed by atoms with E-state index < -0.39 is 14.9 Å². The van der Waals surface area contributed by atoms with Crippen LogP contribution < -0.4 is 10.6 Å². The molecule has 0 aliphatic heterocycles. The number of benzene rings is 2. The Labute approximate surface area is 247 Å². The zero-order valence-corrected chi connectivity index (χ0v) is 23.6. The molecule has 1 aliphatic carbocycles. The van der Waals surface area contributed by atoms with Crippen LogP contribution >= 0.6 is 0 Å². The lowest BCUT2D eigenvalue weighted by molar-refractivity contribution is -0.384. The smallest absolute Gasteiger partial charge is 0.269 e. The normalized spacial score (nSPS) is 16.9. The molecule has 2 N–H and O–H groups in total. The zero-order valence-electron chi connectivity index (χ0n) is 22.8. The number of fused-ring (bicyclic) bond motifs is 1. The van der Waals surface area contributed by atoms with Crippen molar-refractivity contribution in [2.45, 2.75) is 42.7 Å². The van der Waals surface area contributed by atoms with E-state index in [1.165, 1.54) is 40.8 Å². The number of nitro benzene ring substituents is 1. The van der Waals surface area contributed by atoms with Crippen molar-refractivity contribution >= 4 is 38.5 Å². The molecule has 1 fully saturated rings. The van der Waals surface area contributed by atoms with Crippen LogP contribution in [0.4, 0.5) is 11.5 Å². The lowest BCUT2D eigenvalue weighted by atomic mass is 9.90. The molecule has 2 aromatic carbocycles. The molecule has 218 valence electrons. The van der Waals surface area contributed by atoms with E-state index in [1.807, 2.05) is 12.1 Å². The topological polar surface area (TPSA) is 162 Å². The van der Waals surface area contributed by atoms with Crippen LogP contribution in [0.25, 0.3) is 22.3 Å². The highest BCUT2D eigenvalue weighted by Crippen LogP contribution is 2.27. The first kappa shape index (κ1) is 28.0. The molecule has 1 saturated carbocycles. The number of carbonyl (C=O) groups excluding carboxylic acids is 1. The maximum Gasteiger partial charge on any atom is 0.269 e. The number of aromatic nitrogens is 4. The molecule has 2 atom stereocenters. The second-order valence-electron chi connectivity index (χ2n) is 10.3. The van der Waals surface area contributed by atoms with Crippen molar-refractivity contribution in [3.63, 3.8) is 0 Å². The number of amides is 1. The second kappa shape index (κ2) is 11.6. The Morgan fingerprint density at radius 2 is 1.72 bits per heavy atom. The van der Waals surface area contributed by atoms with Crippen LogP contribution in [0.1, 0.15) is 36.0 Å². The van der Waals surface area contributed by atoms with Crippen LogP contribution in [0.2, 0.25) is 0 Å². The summed E-state index contributed by atoms with van der Waals surface area (Å²) in [6.45, 7) is 0. The minimum atomic E-state index is -3.79. The molecule has 12 nitrogen and oxygen atoms in total. The number of carbonyl (C=O) groups is 1. The van der Waals surface area contributed by atoms with Gasteiger partial charge in [0, 0.05) is 59.2 Å². The molecule has 1 amide bonds. The average molecular weight is 598 g/mol. The summed E-state index contributed by atoms with van der Waals surface area (Å²) in [7, 11) is -3.79. The van der Waals surface area contributed by atoms with E-state index in [0.29, 0.717) is 40.1 Å². The predicted molar refractivity (Wildman–Crippen MR) is 160 cm³/mol. The monoisotopic (exact) mass is 597 g/mol. The number of nitrogens with zero attached hydrogens (tertiary/aromatic N) is 5. The number of pyridine rings is 1. The van der Waals surface area contributed by atoms with Gasteiger partial charge in [-0.2, -0.15) is 0 Å². The first-order valence-electron chi connectivity index (χ1n) is 13.7. The summed E-state index contributed by atoms with van der Waals surface area (Å²) in [5.74, 6) is 0.361. The van der Waals surface area contributed by atoms with Crippen molar-refractivity contribution in [2.24, 2.45) is 0 Å². The maximum absolute atomic E-state index is 13.1. The van der Waals surface area contributed by atoms with Gasteiger partial charge in [-0.3, -0.25) is 14.9 Å². The van der Waals surface area contributed by atoms with Gasteiger partial charge in [-0.05, 0) is 62.1 Å². The third kappa shape index (κ3) is 5.93. The molecular formula is C30H27N7O5S. The standard InChI is InChI=1S/C30H27N7O5S/c38-30(20-9-11-25(12-10-20)37(39)40)35-24-6-4-5-23(16-24)34-28-17-27(32-19-33-28)22-15-21-13-14-36(29(21)31-18-22)43(41,42)26-7-2-1-3-8-26/h1-3,7-15,17-19,23-24H,4-6,16H2,(H,35,38)(H,32,33,34). The minimum Gasteiger partial charge on any atom is -0.367 e. The number of hydrogen-bond acceptors (Lipinski definition) is 9. The van der Waals surface area contributed by atoms with Crippen LogP contribution in [0.5, 0.6) is 0 Å². The summed E-state index contributed by atoms with van der Waals surface area (Å²) >= 11 is 0. The number of non-ortho nitro benzene ring substituents is 1. The molecular weight excluding hydrogens is 570 g/mol. The highest BCUT2D eigenvalue weighted by atomic mass is 32.2. The second-order valence-corrected chi connectivity index (χ2v) is 12.2. The predicted octanol–water partition coefficient (Wildman–Crippen LogP) is 4.79. The minimum absolute atomic E-state index is 0.0574. The Hall–Kier alpha value is -5.17. The van der Waals surface area contributed by atoms with Crippen molar-refractivity contribution in [2.75, 3.05) is 5.32 Å². The van der Waals surface area contributed by atoms with E-state index in [-0.39, 0.29) is 28.6 Å². The van der Waals surface area contributed by atoms with Gasteiger partial charge >= 0.3 is 0 Å². The van der Waals surface area contributed by atoms with Gasteiger partial charge < -0.3 is 10.6 Å². The summed E-state index contributed by atoms with van der Waals surface area (Å²) in [5, 5.41) is 18.0. The summed E-state index contributed by atoms with van der Waals surface area (Å²) in [5.41, 5.74) is 1.98. The molecule has 0 bridgehead atoms. The van der Waals surface area contributed by atoms with Gasteiger partial charge in [0.05, 0.1) is 15.5 Å². The molecule has 3 heterocycles. The van der Waals surface area contributed by atoms with Crippen LogP contribution in [-0.2, 0) is 10.0 Å². The van der Waals surface area contributed by atoms with Crippen molar-refractivity contribution in [3.8, 4) is 11.3 Å². The fourth-order valence-corrected chi connectivity index (χ4v) is 6.63. The van der Waals surface area contributed by atoms with Crippen LogP contribution in [0.15, 0.2) is 96.4 Å². The van der Waals surface area contributed by atoms with Crippen LogP contribution in [-0.4, -0.2) is 50.3 Å². The maximum atomic E-state index is 13.1. The van der Waals surface area contributed by atoms with Gasteiger partial charge in [-0.15, -0.1) is 0 Å². The number of hydrogen-bond donors (Lipinski definition) is 2. The molecule has 5 aromatic rings. The third-order valence-corrected chi connectivity index (χ3v) is 9.14. The van der Waals surface area contributed by atoms with Gasteiger partial charge in [0.2, 0.25) is 0 Å². The molecule has 2 unspecified atom stereocenters. The van der Waals surface area contributed by atoms with Gasteiger partial charge in [-0.25, -0.2) is 27.3 Å². The molecule has 0 saturated heterocycles. The Bertz CT molecular complexity index is 1910. The van der Waals surface area contributed by atoms with E-state index in [4.69, 9.17) is 0 Å². The Morgan fingerprint density at radius 3 is 2.49 bits per heavy atom. The van der Waals surface area contributed by atoms with E-state index in [2.05, 4.69) is 25.6 Å². The third-order valence-electron chi connectivity index (χ3n) is 7.46. The zero-order chi connectivity index (χ0) is 30.0. The van der Waals surface area contributed by atoms with Gasteiger partial charge in [0.25, 0.3) is 21.6 Å². The van der Waals surface area contributed by atoms with E-state index >= 15 is 0 Å². The Morgan fingerprint density at radius 1 is 0.953 bits per heavy atom. The molecule has 0 radical (unpaired) electrons. The lowest BCUT2D eigenvalue weighted by Gasteiger charge is -2.30. The van der Waals surface area contributed by atoms with Gasteiger partial charge in [-0.1, -0.05) is 18.2 Å². The fourth-order valence-electron chi connectivity index (χ4n) is 5.30. The number of nitrogens with one attached hydrogen (secondary N) is 2. The van der Waals surface area contributed by atoms with E-state index in [1.54, 1.807) is 42.6 Å². The molecule has 13 heteroatoms. The van der Waals surface area contributed by atoms with Crippen molar-refractivity contribution < 1.29 is 18.1 Å². The highest BCUT2D eigenvalue weighted by molar-refractivity contribution is 7.90. The van der Waals surface area contributed by atoms with Crippen molar-refractivity contribution in [1.29, 1.82) is 0 Å². The molecule has 1 aliphatic rings. The van der Waals surface area contributed by atoms with E-state index in [0.717, 1.165) is 19.3 Å². The summed E-state index contributed by atoms with van der Waals surface area (Å²) in [4.78, 5) is 36.5. The van der Waals surface area contributed by atoms with Crippen molar-refractivity contribution in [3.05, 3.63) is 107 Å². The molecule has 0 spiro atoms. The fraction of sp³-hybridized carbons (Fsp3) is 0.200. The summed E-state index contributed by atoms with van der Waals surface area (Å²) in [6, 6.07) is 19.1. The number of anilines is 1. The molecule has 43 heavy (non-hydrogen) atoms. The van der Waals surface area contributed by atoms with Gasteiger partial charge in [0.1, 0.15) is 12.1 Å². The highest BCUT2D eigenvalue weighted by Gasteiger charge is 2.25. The first-order chi connectivity index (χ1) is 20.8. The largest absolute Gasteiger partial charge is 0.367 e. The quantitative estimate of drug-likeness (QED) is 0.189. The van der Waals surface area contributed by atoms with E-state index in [9.17, 15) is 23.3 Å². The Kier molecular flexibility index (Phi) is 7.55. The number of rotatable bonds is 8. The first-order valence-corrected chi connectivity index (χ1v) is 15.1. The molecule has 6 rings (SSSR count). The summed E-state index contributed by atoms with van der Waals surface area (Å²) in [6.07, 6.45) is 7.88.